The van der Waals surface area contributed by atoms with Gasteiger partial charge >= 0.3 is 0 Å². The van der Waals surface area contributed by atoms with E-state index in [4.69, 9.17) is 4.74 Å². The van der Waals surface area contributed by atoms with E-state index < -0.39 is 0 Å². The Labute approximate surface area is 114 Å². The lowest BCUT2D eigenvalue weighted by Gasteiger charge is -2.06. The molecule has 3 heteroatoms. The van der Waals surface area contributed by atoms with E-state index in [1.807, 2.05) is 55.7 Å². The van der Waals surface area contributed by atoms with Crippen LogP contribution >= 0.6 is 0 Å². The van der Waals surface area contributed by atoms with Crippen LogP contribution in [0.5, 0.6) is 5.75 Å². The van der Waals surface area contributed by atoms with Crippen LogP contribution in [0.2, 0.25) is 0 Å². The molecule has 0 aliphatic carbocycles. The highest BCUT2D eigenvalue weighted by atomic mass is 16.5. The van der Waals surface area contributed by atoms with Gasteiger partial charge in [-0.15, -0.1) is 0 Å². The van der Waals surface area contributed by atoms with Gasteiger partial charge in [0.15, 0.2) is 0 Å². The van der Waals surface area contributed by atoms with E-state index in [1.54, 1.807) is 6.20 Å². The van der Waals surface area contributed by atoms with E-state index >= 15 is 0 Å². The number of nitrogens with one attached hydrogen (secondary N) is 1. The van der Waals surface area contributed by atoms with Crippen LogP contribution in [0, 0.1) is 0 Å². The molecular formula is C16H18N2O. The Balaban J connectivity index is 1.95. The van der Waals surface area contributed by atoms with Crippen molar-refractivity contribution in [3.8, 4) is 5.75 Å². The summed E-state index contributed by atoms with van der Waals surface area (Å²) < 4.78 is 5.73. The van der Waals surface area contributed by atoms with Gasteiger partial charge in [-0.1, -0.05) is 42.5 Å². The van der Waals surface area contributed by atoms with Crippen LogP contribution < -0.4 is 10.1 Å². The highest BCUT2D eigenvalue weighted by molar-refractivity contribution is 5.50. The molecule has 1 heterocycles. The molecule has 1 aromatic carbocycles. The number of nitrogens with zero attached hydrogens (tertiary/aromatic N) is 1. The molecule has 19 heavy (non-hydrogen) atoms. The molecule has 0 aliphatic rings. The lowest BCUT2D eigenvalue weighted by molar-refractivity contribution is 0.305. The van der Waals surface area contributed by atoms with Crippen molar-refractivity contribution in [2.45, 2.75) is 6.61 Å². The van der Waals surface area contributed by atoms with Gasteiger partial charge in [0, 0.05) is 12.7 Å². The molecule has 2 rings (SSSR count). The Bertz CT molecular complexity index is 523. The highest BCUT2D eigenvalue weighted by Crippen LogP contribution is 2.14. The number of rotatable bonds is 6. The minimum Gasteiger partial charge on any atom is -0.487 e. The third-order valence-corrected chi connectivity index (χ3v) is 2.61. The fourth-order valence-electron chi connectivity index (χ4n) is 1.66. The molecule has 0 aliphatic heterocycles. The first-order valence-electron chi connectivity index (χ1n) is 6.31. The Morgan fingerprint density at radius 2 is 2.05 bits per heavy atom. The molecule has 2 aromatic rings. The summed E-state index contributed by atoms with van der Waals surface area (Å²) in [6, 6.07) is 12.1. The van der Waals surface area contributed by atoms with E-state index in [0.717, 1.165) is 23.4 Å². The number of benzene rings is 1. The van der Waals surface area contributed by atoms with Crippen molar-refractivity contribution in [3.63, 3.8) is 0 Å². The SMILES string of the molecule is CNCC=Cc1cncc(OCc2ccccc2)c1. The lowest BCUT2D eigenvalue weighted by atomic mass is 10.2. The highest BCUT2D eigenvalue weighted by Gasteiger charge is 1.97. The Hall–Kier alpha value is -2.13. The number of hydrogen-bond donors (Lipinski definition) is 1. The van der Waals surface area contributed by atoms with Crippen LogP contribution in [-0.4, -0.2) is 18.6 Å². The van der Waals surface area contributed by atoms with Crippen molar-refractivity contribution < 1.29 is 4.74 Å². The molecule has 3 nitrogen and oxygen atoms in total. The minimum absolute atomic E-state index is 0.562. The lowest BCUT2D eigenvalue weighted by Crippen LogP contribution is -2.03. The average molecular weight is 254 g/mol. The fourth-order valence-corrected chi connectivity index (χ4v) is 1.66. The molecule has 0 saturated heterocycles. The molecule has 1 N–H and O–H groups in total. The Morgan fingerprint density at radius 1 is 1.21 bits per heavy atom. The number of likely N-dealkylation sites (N-methyl/N-ethyl adjacent to an activating group) is 1. The third kappa shape index (κ3) is 4.56. The van der Waals surface area contributed by atoms with Crippen LogP contribution in [0.15, 0.2) is 54.9 Å². The molecule has 0 spiro atoms. The molecule has 0 bridgehead atoms. The van der Waals surface area contributed by atoms with Gasteiger partial charge in [-0.2, -0.15) is 0 Å². The van der Waals surface area contributed by atoms with Gasteiger partial charge in [0.05, 0.1) is 6.20 Å². The van der Waals surface area contributed by atoms with Crippen LogP contribution in [0.4, 0.5) is 0 Å². The zero-order valence-corrected chi connectivity index (χ0v) is 11.0. The van der Waals surface area contributed by atoms with Crippen LogP contribution in [0.1, 0.15) is 11.1 Å². The van der Waals surface area contributed by atoms with Crippen LogP contribution in [0.25, 0.3) is 6.08 Å². The second-order valence-corrected chi connectivity index (χ2v) is 4.19. The van der Waals surface area contributed by atoms with Crippen molar-refractivity contribution in [1.82, 2.24) is 10.3 Å². The molecule has 0 fully saturated rings. The zero-order chi connectivity index (χ0) is 13.3. The summed E-state index contributed by atoms with van der Waals surface area (Å²) in [5, 5.41) is 3.06. The van der Waals surface area contributed by atoms with Crippen LogP contribution in [0.3, 0.4) is 0 Å². The molecule has 1 aromatic heterocycles. The maximum atomic E-state index is 5.73. The maximum Gasteiger partial charge on any atom is 0.138 e. The van der Waals surface area contributed by atoms with E-state index in [2.05, 4.69) is 16.4 Å². The largest absolute Gasteiger partial charge is 0.487 e. The average Bonchev–Trinajstić information content (AvgIpc) is 2.47. The molecule has 98 valence electrons. The molecule has 0 unspecified atom stereocenters. The van der Waals surface area contributed by atoms with Crippen molar-refractivity contribution in [2.24, 2.45) is 0 Å². The standard InChI is InChI=1S/C16H18N2O/c1-17-9-5-8-15-10-16(12-18-11-15)19-13-14-6-3-2-4-7-14/h2-8,10-12,17H,9,13H2,1H3. The van der Waals surface area contributed by atoms with Gasteiger partial charge in [0.2, 0.25) is 0 Å². The second kappa shape index (κ2) is 7.34. The van der Waals surface area contributed by atoms with Gasteiger partial charge in [-0.3, -0.25) is 4.98 Å². The van der Waals surface area contributed by atoms with E-state index in [9.17, 15) is 0 Å². The summed E-state index contributed by atoms with van der Waals surface area (Å²) in [6.07, 6.45) is 7.64. The monoisotopic (exact) mass is 254 g/mol. The third-order valence-electron chi connectivity index (χ3n) is 2.61. The zero-order valence-electron chi connectivity index (χ0n) is 11.0. The summed E-state index contributed by atoms with van der Waals surface area (Å²) in [5.41, 5.74) is 2.19. The van der Waals surface area contributed by atoms with Gasteiger partial charge in [0.1, 0.15) is 12.4 Å². The van der Waals surface area contributed by atoms with E-state index in [-0.39, 0.29) is 0 Å². The van der Waals surface area contributed by atoms with Crippen molar-refractivity contribution in [3.05, 3.63) is 66.0 Å². The summed E-state index contributed by atoms with van der Waals surface area (Å²) in [4.78, 5) is 4.18. The first-order chi connectivity index (χ1) is 9.38. The van der Waals surface area contributed by atoms with Crippen LogP contribution in [-0.2, 0) is 6.61 Å². The minimum atomic E-state index is 0.562. The Kier molecular flexibility index (Phi) is 5.14. The second-order valence-electron chi connectivity index (χ2n) is 4.19. The van der Waals surface area contributed by atoms with E-state index in [1.165, 1.54) is 0 Å². The Morgan fingerprint density at radius 3 is 2.84 bits per heavy atom. The van der Waals surface area contributed by atoms with Crippen molar-refractivity contribution >= 4 is 6.08 Å². The van der Waals surface area contributed by atoms with Gasteiger partial charge in [-0.05, 0) is 24.2 Å². The molecule has 0 saturated carbocycles. The summed E-state index contributed by atoms with van der Waals surface area (Å²) in [7, 11) is 1.92. The summed E-state index contributed by atoms with van der Waals surface area (Å²) >= 11 is 0. The summed E-state index contributed by atoms with van der Waals surface area (Å²) in [5.74, 6) is 0.787. The molecule has 0 radical (unpaired) electrons. The normalized spacial score (nSPS) is 10.8. The number of hydrogen-bond acceptors (Lipinski definition) is 3. The van der Waals surface area contributed by atoms with Gasteiger partial charge in [0.25, 0.3) is 0 Å². The number of ether oxygens (including phenoxy) is 1. The van der Waals surface area contributed by atoms with E-state index in [0.29, 0.717) is 6.61 Å². The number of aromatic nitrogens is 1. The molecule has 0 amide bonds. The van der Waals surface area contributed by atoms with Crippen molar-refractivity contribution in [2.75, 3.05) is 13.6 Å². The quantitative estimate of drug-likeness (QED) is 0.860. The number of pyridine rings is 1. The van der Waals surface area contributed by atoms with Gasteiger partial charge < -0.3 is 10.1 Å². The van der Waals surface area contributed by atoms with Crippen molar-refractivity contribution in [1.29, 1.82) is 0 Å². The predicted molar refractivity (Wildman–Crippen MR) is 78.0 cm³/mol. The fraction of sp³-hybridized carbons (Fsp3) is 0.188. The first kappa shape index (κ1) is 13.3. The topological polar surface area (TPSA) is 34.2 Å². The molecular weight excluding hydrogens is 236 g/mol. The molecule has 0 atom stereocenters. The summed E-state index contributed by atoms with van der Waals surface area (Å²) in [6.45, 7) is 1.40. The first-order valence-corrected chi connectivity index (χ1v) is 6.31. The van der Waals surface area contributed by atoms with Gasteiger partial charge in [-0.25, -0.2) is 0 Å². The maximum absolute atomic E-state index is 5.73. The predicted octanol–water partition coefficient (Wildman–Crippen LogP) is 2.89. The smallest absolute Gasteiger partial charge is 0.138 e.